The molecular weight excluding hydrogens is 330 g/mol. The zero-order chi connectivity index (χ0) is 18.4. The zero-order valence-electron chi connectivity index (χ0n) is 14.6. The molecule has 1 heterocycles. The van der Waals surface area contributed by atoms with Crippen molar-refractivity contribution in [3.63, 3.8) is 0 Å². The number of nitro groups is 1. The van der Waals surface area contributed by atoms with Gasteiger partial charge in [0.25, 0.3) is 5.69 Å². The summed E-state index contributed by atoms with van der Waals surface area (Å²) in [6.45, 7) is 1.44. The molecule has 0 radical (unpaired) electrons. The van der Waals surface area contributed by atoms with Crippen molar-refractivity contribution in [1.29, 1.82) is 0 Å². The summed E-state index contributed by atoms with van der Waals surface area (Å²) < 4.78 is 0. The second-order valence-electron chi connectivity index (χ2n) is 6.69. The minimum Gasteiger partial charge on any atom is -0.325 e. The van der Waals surface area contributed by atoms with E-state index in [1.165, 1.54) is 17.7 Å². The first kappa shape index (κ1) is 17.9. The second kappa shape index (κ2) is 8.47. The molecule has 0 unspecified atom stereocenters. The summed E-state index contributed by atoms with van der Waals surface area (Å²) in [4.78, 5) is 24.5. The van der Waals surface area contributed by atoms with E-state index in [9.17, 15) is 14.9 Å². The number of likely N-dealkylation sites (tertiary alicyclic amines) is 1. The van der Waals surface area contributed by atoms with Crippen molar-refractivity contribution < 1.29 is 9.72 Å². The molecule has 6 nitrogen and oxygen atoms in total. The highest BCUT2D eigenvalue weighted by molar-refractivity contribution is 5.89. The third kappa shape index (κ3) is 4.81. The Labute approximate surface area is 153 Å². The quantitative estimate of drug-likeness (QED) is 0.636. The molecule has 6 heteroatoms. The standard InChI is InChI=1S/C20H23N3O3/c24-20(21-18-7-4-8-19(15-18)23(25)26)22-13-11-17(12-14-22)10-9-16-5-2-1-3-6-16/h1-8,15,17H,9-14H2,(H,21,24). The molecule has 0 aromatic heterocycles. The number of piperidine rings is 1. The molecule has 26 heavy (non-hydrogen) atoms. The number of benzene rings is 2. The maximum absolute atomic E-state index is 12.4. The van der Waals surface area contributed by atoms with Gasteiger partial charge in [0, 0.05) is 30.9 Å². The fourth-order valence-electron chi connectivity index (χ4n) is 3.34. The lowest BCUT2D eigenvalue weighted by atomic mass is 9.90. The van der Waals surface area contributed by atoms with Crippen molar-refractivity contribution in [3.05, 3.63) is 70.3 Å². The molecule has 2 aromatic carbocycles. The summed E-state index contributed by atoms with van der Waals surface area (Å²) in [5, 5.41) is 13.6. The monoisotopic (exact) mass is 353 g/mol. The Balaban J connectivity index is 1.46. The van der Waals surface area contributed by atoms with Crippen LogP contribution in [-0.2, 0) is 6.42 Å². The molecule has 0 spiro atoms. The summed E-state index contributed by atoms with van der Waals surface area (Å²) in [6, 6.07) is 16.3. The van der Waals surface area contributed by atoms with E-state index >= 15 is 0 Å². The third-order valence-corrected chi connectivity index (χ3v) is 4.89. The Hall–Kier alpha value is -2.89. The summed E-state index contributed by atoms with van der Waals surface area (Å²) in [7, 11) is 0. The lowest BCUT2D eigenvalue weighted by molar-refractivity contribution is -0.384. The number of rotatable bonds is 5. The molecule has 1 N–H and O–H groups in total. The highest BCUT2D eigenvalue weighted by Gasteiger charge is 2.23. The predicted molar refractivity (Wildman–Crippen MR) is 101 cm³/mol. The molecular formula is C20H23N3O3. The van der Waals surface area contributed by atoms with Gasteiger partial charge in [-0.05, 0) is 43.2 Å². The van der Waals surface area contributed by atoms with Crippen LogP contribution in [-0.4, -0.2) is 28.9 Å². The maximum Gasteiger partial charge on any atom is 0.321 e. The number of anilines is 1. The number of nitro benzene ring substituents is 1. The van der Waals surface area contributed by atoms with Gasteiger partial charge in [0.05, 0.1) is 4.92 Å². The van der Waals surface area contributed by atoms with Gasteiger partial charge in [0.2, 0.25) is 0 Å². The molecule has 2 aromatic rings. The van der Waals surface area contributed by atoms with Crippen molar-refractivity contribution >= 4 is 17.4 Å². The molecule has 0 bridgehead atoms. The van der Waals surface area contributed by atoms with Crippen LogP contribution in [0.5, 0.6) is 0 Å². The van der Waals surface area contributed by atoms with Crippen LogP contribution in [0.3, 0.4) is 0 Å². The van der Waals surface area contributed by atoms with Crippen LogP contribution < -0.4 is 5.32 Å². The Kier molecular flexibility index (Phi) is 5.84. The largest absolute Gasteiger partial charge is 0.325 e. The lowest BCUT2D eigenvalue weighted by Crippen LogP contribution is -2.41. The Morgan fingerprint density at radius 1 is 1.12 bits per heavy atom. The summed E-state index contributed by atoms with van der Waals surface area (Å²) in [5.74, 6) is 0.636. The number of hydrogen-bond acceptors (Lipinski definition) is 3. The van der Waals surface area contributed by atoms with Crippen LogP contribution in [0.15, 0.2) is 54.6 Å². The van der Waals surface area contributed by atoms with Gasteiger partial charge >= 0.3 is 6.03 Å². The Bertz CT molecular complexity index is 756. The van der Waals surface area contributed by atoms with Crippen LogP contribution in [0.25, 0.3) is 0 Å². The fourth-order valence-corrected chi connectivity index (χ4v) is 3.34. The van der Waals surface area contributed by atoms with Crippen molar-refractivity contribution in [3.8, 4) is 0 Å². The second-order valence-corrected chi connectivity index (χ2v) is 6.69. The fraction of sp³-hybridized carbons (Fsp3) is 0.350. The van der Waals surface area contributed by atoms with E-state index in [0.29, 0.717) is 11.6 Å². The number of aryl methyl sites for hydroxylation is 1. The maximum atomic E-state index is 12.4. The molecule has 1 fully saturated rings. The molecule has 2 amide bonds. The van der Waals surface area contributed by atoms with Crippen LogP contribution in [0.1, 0.15) is 24.8 Å². The van der Waals surface area contributed by atoms with Crippen LogP contribution in [0.2, 0.25) is 0 Å². The molecule has 0 atom stereocenters. The average molecular weight is 353 g/mol. The van der Waals surface area contributed by atoms with E-state index in [-0.39, 0.29) is 11.7 Å². The molecule has 1 aliphatic heterocycles. The summed E-state index contributed by atoms with van der Waals surface area (Å²) >= 11 is 0. The van der Waals surface area contributed by atoms with Gasteiger partial charge in [-0.3, -0.25) is 10.1 Å². The van der Waals surface area contributed by atoms with Gasteiger partial charge in [-0.1, -0.05) is 36.4 Å². The van der Waals surface area contributed by atoms with Gasteiger partial charge in [-0.25, -0.2) is 4.79 Å². The first-order valence-corrected chi connectivity index (χ1v) is 8.96. The van der Waals surface area contributed by atoms with E-state index in [1.54, 1.807) is 17.0 Å². The predicted octanol–water partition coefficient (Wildman–Crippen LogP) is 4.47. The number of hydrogen-bond donors (Lipinski definition) is 1. The van der Waals surface area contributed by atoms with Crippen LogP contribution in [0.4, 0.5) is 16.2 Å². The SMILES string of the molecule is O=C(Nc1cccc([N+](=O)[O-])c1)N1CCC(CCc2ccccc2)CC1. The molecule has 1 saturated heterocycles. The zero-order valence-corrected chi connectivity index (χ0v) is 14.6. The van der Waals surface area contributed by atoms with Gasteiger partial charge in [-0.15, -0.1) is 0 Å². The van der Waals surface area contributed by atoms with Crippen molar-refractivity contribution in [2.75, 3.05) is 18.4 Å². The molecule has 3 rings (SSSR count). The minimum absolute atomic E-state index is 0.0255. The summed E-state index contributed by atoms with van der Waals surface area (Å²) in [5.41, 5.74) is 1.79. The topological polar surface area (TPSA) is 75.5 Å². The normalized spacial score (nSPS) is 14.8. The number of non-ortho nitro benzene ring substituents is 1. The Morgan fingerprint density at radius 3 is 2.54 bits per heavy atom. The van der Waals surface area contributed by atoms with Crippen LogP contribution in [0, 0.1) is 16.0 Å². The first-order chi connectivity index (χ1) is 12.6. The van der Waals surface area contributed by atoms with Crippen molar-refractivity contribution in [2.45, 2.75) is 25.7 Å². The number of nitrogens with zero attached hydrogens (tertiary/aromatic N) is 2. The third-order valence-electron chi connectivity index (χ3n) is 4.89. The smallest absolute Gasteiger partial charge is 0.321 e. The number of carbonyl (C=O) groups is 1. The van der Waals surface area contributed by atoms with E-state index in [4.69, 9.17) is 0 Å². The van der Waals surface area contributed by atoms with Crippen molar-refractivity contribution in [2.24, 2.45) is 5.92 Å². The van der Waals surface area contributed by atoms with E-state index in [2.05, 4.69) is 29.6 Å². The molecule has 0 saturated carbocycles. The van der Waals surface area contributed by atoms with E-state index in [0.717, 1.165) is 38.8 Å². The average Bonchev–Trinajstić information content (AvgIpc) is 2.68. The Morgan fingerprint density at radius 2 is 1.85 bits per heavy atom. The molecule has 1 aliphatic rings. The number of urea groups is 1. The molecule has 136 valence electrons. The minimum atomic E-state index is -0.464. The first-order valence-electron chi connectivity index (χ1n) is 8.96. The lowest BCUT2D eigenvalue weighted by Gasteiger charge is -2.32. The van der Waals surface area contributed by atoms with Crippen LogP contribution >= 0.6 is 0 Å². The number of carbonyl (C=O) groups excluding carboxylic acids is 1. The van der Waals surface area contributed by atoms with Gasteiger partial charge in [-0.2, -0.15) is 0 Å². The summed E-state index contributed by atoms with van der Waals surface area (Å²) in [6.07, 6.45) is 4.21. The van der Waals surface area contributed by atoms with Gasteiger partial charge in [0.15, 0.2) is 0 Å². The van der Waals surface area contributed by atoms with Crippen molar-refractivity contribution in [1.82, 2.24) is 4.90 Å². The van der Waals surface area contributed by atoms with E-state index < -0.39 is 4.92 Å². The van der Waals surface area contributed by atoms with E-state index in [1.807, 2.05) is 6.07 Å². The number of amides is 2. The van der Waals surface area contributed by atoms with Gasteiger partial charge < -0.3 is 10.2 Å². The highest BCUT2D eigenvalue weighted by atomic mass is 16.6. The van der Waals surface area contributed by atoms with Gasteiger partial charge in [0.1, 0.15) is 0 Å². The highest BCUT2D eigenvalue weighted by Crippen LogP contribution is 2.23. The molecule has 0 aliphatic carbocycles. The number of nitrogens with one attached hydrogen (secondary N) is 1.